The lowest BCUT2D eigenvalue weighted by atomic mass is 10.1. The standard InChI is InChI=1S/C10H10FNO2/c1-12(2)10(14)9-7(6-13)4-3-5-8(9)11/h3-6H,1-2H3. The predicted molar refractivity (Wildman–Crippen MR) is 49.8 cm³/mol. The van der Waals surface area contributed by atoms with Crippen LogP contribution in [0.15, 0.2) is 18.2 Å². The summed E-state index contributed by atoms with van der Waals surface area (Å²) in [5.74, 6) is -1.18. The summed E-state index contributed by atoms with van der Waals surface area (Å²) in [6.07, 6.45) is 0.472. The first-order valence-corrected chi connectivity index (χ1v) is 4.03. The molecule has 0 bridgehead atoms. The average molecular weight is 195 g/mol. The molecule has 4 heteroatoms. The third-order valence-corrected chi connectivity index (χ3v) is 1.79. The fourth-order valence-corrected chi connectivity index (χ4v) is 1.09. The first kappa shape index (κ1) is 10.4. The van der Waals surface area contributed by atoms with Gasteiger partial charge in [-0.25, -0.2) is 4.39 Å². The Morgan fingerprint density at radius 3 is 2.57 bits per heavy atom. The third-order valence-electron chi connectivity index (χ3n) is 1.79. The van der Waals surface area contributed by atoms with Gasteiger partial charge in [-0.1, -0.05) is 12.1 Å². The van der Waals surface area contributed by atoms with Gasteiger partial charge in [0, 0.05) is 19.7 Å². The summed E-state index contributed by atoms with van der Waals surface area (Å²) >= 11 is 0. The number of hydrogen-bond donors (Lipinski definition) is 0. The van der Waals surface area contributed by atoms with Crippen LogP contribution in [0.2, 0.25) is 0 Å². The predicted octanol–water partition coefficient (Wildman–Crippen LogP) is 1.34. The number of aldehydes is 1. The molecule has 74 valence electrons. The van der Waals surface area contributed by atoms with Gasteiger partial charge in [-0.15, -0.1) is 0 Å². The van der Waals surface area contributed by atoms with Crippen LogP contribution in [0, 0.1) is 5.82 Å². The van der Waals surface area contributed by atoms with E-state index in [-0.39, 0.29) is 11.1 Å². The first-order valence-electron chi connectivity index (χ1n) is 4.03. The van der Waals surface area contributed by atoms with Crippen molar-refractivity contribution in [1.82, 2.24) is 4.90 Å². The second-order valence-electron chi connectivity index (χ2n) is 3.02. The molecule has 0 saturated carbocycles. The van der Waals surface area contributed by atoms with Gasteiger partial charge in [-0.2, -0.15) is 0 Å². The molecule has 1 aromatic rings. The Morgan fingerprint density at radius 2 is 2.07 bits per heavy atom. The molecular formula is C10H10FNO2. The highest BCUT2D eigenvalue weighted by Gasteiger charge is 2.17. The van der Waals surface area contributed by atoms with Crippen molar-refractivity contribution in [2.24, 2.45) is 0 Å². The van der Waals surface area contributed by atoms with E-state index < -0.39 is 11.7 Å². The molecule has 0 radical (unpaired) electrons. The maximum Gasteiger partial charge on any atom is 0.257 e. The van der Waals surface area contributed by atoms with E-state index in [1.54, 1.807) is 0 Å². The topological polar surface area (TPSA) is 37.4 Å². The molecule has 0 heterocycles. The molecule has 1 rings (SSSR count). The van der Waals surface area contributed by atoms with Crippen LogP contribution in [0.1, 0.15) is 20.7 Å². The molecule has 0 N–H and O–H groups in total. The maximum atomic E-state index is 13.2. The fraction of sp³-hybridized carbons (Fsp3) is 0.200. The second-order valence-corrected chi connectivity index (χ2v) is 3.02. The van der Waals surface area contributed by atoms with E-state index in [0.717, 1.165) is 6.07 Å². The maximum absolute atomic E-state index is 13.2. The normalized spacial score (nSPS) is 9.64. The summed E-state index contributed by atoms with van der Waals surface area (Å²) in [6, 6.07) is 3.96. The Balaban J connectivity index is 3.30. The Labute approximate surface area is 81.1 Å². The van der Waals surface area contributed by atoms with E-state index in [4.69, 9.17) is 0 Å². The summed E-state index contributed by atoms with van der Waals surface area (Å²) in [7, 11) is 3.01. The molecular weight excluding hydrogens is 185 g/mol. The molecule has 1 aromatic carbocycles. The number of benzene rings is 1. The third kappa shape index (κ3) is 1.79. The van der Waals surface area contributed by atoms with Crippen molar-refractivity contribution in [2.45, 2.75) is 0 Å². The van der Waals surface area contributed by atoms with Crippen LogP contribution in [0.4, 0.5) is 4.39 Å². The number of halogens is 1. The number of carbonyl (C=O) groups is 2. The van der Waals surface area contributed by atoms with Gasteiger partial charge in [-0.3, -0.25) is 9.59 Å². The van der Waals surface area contributed by atoms with Gasteiger partial charge in [0.15, 0.2) is 6.29 Å². The minimum atomic E-state index is -0.673. The monoisotopic (exact) mass is 195 g/mol. The number of nitrogens with zero attached hydrogens (tertiary/aromatic N) is 1. The minimum absolute atomic E-state index is 0.0729. The molecule has 0 saturated heterocycles. The average Bonchev–Trinajstić information content (AvgIpc) is 2.16. The van der Waals surface area contributed by atoms with Gasteiger partial charge in [-0.05, 0) is 6.07 Å². The van der Waals surface area contributed by atoms with E-state index in [9.17, 15) is 14.0 Å². The SMILES string of the molecule is CN(C)C(=O)c1c(F)cccc1C=O. The molecule has 0 fully saturated rings. The van der Waals surface area contributed by atoms with Crippen molar-refractivity contribution < 1.29 is 14.0 Å². The number of carbonyl (C=O) groups excluding carboxylic acids is 2. The molecule has 0 spiro atoms. The van der Waals surface area contributed by atoms with Crippen molar-refractivity contribution in [1.29, 1.82) is 0 Å². The first-order chi connectivity index (χ1) is 6.57. The highest BCUT2D eigenvalue weighted by atomic mass is 19.1. The van der Waals surface area contributed by atoms with E-state index in [1.165, 1.54) is 31.1 Å². The van der Waals surface area contributed by atoms with Crippen LogP contribution in [0.25, 0.3) is 0 Å². The minimum Gasteiger partial charge on any atom is -0.345 e. The van der Waals surface area contributed by atoms with E-state index in [2.05, 4.69) is 0 Å². The molecule has 0 unspecified atom stereocenters. The highest BCUT2D eigenvalue weighted by Crippen LogP contribution is 2.13. The summed E-state index contributed by atoms with van der Waals surface area (Å²) in [4.78, 5) is 23.3. The summed E-state index contributed by atoms with van der Waals surface area (Å²) in [5, 5.41) is 0. The zero-order chi connectivity index (χ0) is 10.7. The van der Waals surface area contributed by atoms with Crippen LogP contribution in [-0.2, 0) is 0 Å². The molecule has 14 heavy (non-hydrogen) atoms. The van der Waals surface area contributed by atoms with Crippen LogP contribution >= 0.6 is 0 Å². The number of rotatable bonds is 2. The molecule has 1 amide bonds. The van der Waals surface area contributed by atoms with Crippen molar-refractivity contribution in [3.8, 4) is 0 Å². The zero-order valence-electron chi connectivity index (χ0n) is 7.95. The van der Waals surface area contributed by atoms with Crippen LogP contribution in [0.5, 0.6) is 0 Å². The largest absolute Gasteiger partial charge is 0.345 e. The molecule has 3 nitrogen and oxygen atoms in total. The van der Waals surface area contributed by atoms with E-state index in [1.807, 2.05) is 0 Å². The van der Waals surface area contributed by atoms with E-state index >= 15 is 0 Å². The van der Waals surface area contributed by atoms with Crippen molar-refractivity contribution in [3.63, 3.8) is 0 Å². The summed E-state index contributed by atoms with van der Waals surface area (Å²) in [5.41, 5.74) is -0.101. The lowest BCUT2D eigenvalue weighted by Crippen LogP contribution is -2.24. The Hall–Kier alpha value is -1.71. The molecule has 0 aliphatic heterocycles. The van der Waals surface area contributed by atoms with Gasteiger partial charge in [0.1, 0.15) is 5.82 Å². The molecule has 0 atom stereocenters. The fourth-order valence-electron chi connectivity index (χ4n) is 1.09. The number of amides is 1. The van der Waals surface area contributed by atoms with Crippen LogP contribution in [0.3, 0.4) is 0 Å². The zero-order valence-corrected chi connectivity index (χ0v) is 7.95. The van der Waals surface area contributed by atoms with Crippen molar-refractivity contribution in [3.05, 3.63) is 35.1 Å². The van der Waals surface area contributed by atoms with Crippen molar-refractivity contribution in [2.75, 3.05) is 14.1 Å². The number of hydrogen-bond acceptors (Lipinski definition) is 2. The van der Waals surface area contributed by atoms with Gasteiger partial charge >= 0.3 is 0 Å². The summed E-state index contributed by atoms with van der Waals surface area (Å²) < 4.78 is 13.2. The van der Waals surface area contributed by atoms with Crippen molar-refractivity contribution >= 4 is 12.2 Å². The van der Waals surface area contributed by atoms with Crippen LogP contribution < -0.4 is 0 Å². The smallest absolute Gasteiger partial charge is 0.257 e. The molecule has 0 aliphatic carbocycles. The van der Waals surface area contributed by atoms with Gasteiger partial charge < -0.3 is 4.90 Å². The summed E-state index contributed by atoms with van der Waals surface area (Å²) in [6.45, 7) is 0. The Kier molecular flexibility index (Phi) is 2.96. The quantitative estimate of drug-likeness (QED) is 0.668. The van der Waals surface area contributed by atoms with Gasteiger partial charge in [0.2, 0.25) is 0 Å². The highest BCUT2D eigenvalue weighted by molar-refractivity contribution is 6.01. The Bertz CT molecular complexity index is 374. The lowest BCUT2D eigenvalue weighted by Gasteiger charge is -2.12. The molecule has 0 aromatic heterocycles. The van der Waals surface area contributed by atoms with Gasteiger partial charge in [0.05, 0.1) is 5.56 Å². The lowest BCUT2D eigenvalue weighted by molar-refractivity contribution is 0.0819. The van der Waals surface area contributed by atoms with E-state index in [0.29, 0.717) is 6.29 Å². The molecule has 0 aliphatic rings. The second kappa shape index (κ2) is 4.00. The van der Waals surface area contributed by atoms with Crippen LogP contribution in [-0.4, -0.2) is 31.2 Å². The van der Waals surface area contributed by atoms with Gasteiger partial charge in [0.25, 0.3) is 5.91 Å². The Morgan fingerprint density at radius 1 is 1.43 bits per heavy atom.